The van der Waals surface area contributed by atoms with Crippen molar-refractivity contribution in [2.45, 2.75) is 45.8 Å². The molecule has 5 heteroatoms. The zero-order chi connectivity index (χ0) is 20.4. The average Bonchev–Trinajstić information content (AvgIpc) is 3.35. The SMILES string of the molecule is CCOCc1c(C(=O)O[C@H](C)C(=O)c2ccc3c(c2)CCC3)oc2ccccc12. The second-order valence-electron chi connectivity index (χ2n) is 7.29. The van der Waals surface area contributed by atoms with E-state index >= 15 is 0 Å². The molecule has 0 amide bonds. The van der Waals surface area contributed by atoms with Crippen molar-refractivity contribution in [2.75, 3.05) is 6.61 Å². The summed E-state index contributed by atoms with van der Waals surface area (Å²) in [7, 11) is 0. The van der Waals surface area contributed by atoms with Crippen LogP contribution in [-0.4, -0.2) is 24.5 Å². The van der Waals surface area contributed by atoms with Gasteiger partial charge in [0.2, 0.25) is 11.5 Å². The predicted molar refractivity (Wildman–Crippen MR) is 109 cm³/mol. The smallest absolute Gasteiger partial charge is 0.375 e. The number of esters is 1. The molecule has 0 aliphatic heterocycles. The number of benzene rings is 2. The predicted octanol–water partition coefficient (Wildman–Crippen LogP) is 4.89. The Labute approximate surface area is 169 Å². The number of carbonyl (C=O) groups excluding carboxylic acids is 2. The van der Waals surface area contributed by atoms with Crippen LogP contribution in [0.5, 0.6) is 0 Å². The molecular formula is C24H24O5. The molecule has 0 fully saturated rings. The Morgan fingerprint density at radius 3 is 2.72 bits per heavy atom. The number of ether oxygens (including phenoxy) is 2. The van der Waals surface area contributed by atoms with E-state index in [0.717, 1.165) is 24.6 Å². The first-order valence-electron chi connectivity index (χ1n) is 10.0. The van der Waals surface area contributed by atoms with Crippen molar-refractivity contribution in [1.82, 2.24) is 0 Å². The molecular weight excluding hydrogens is 368 g/mol. The van der Waals surface area contributed by atoms with E-state index in [0.29, 0.717) is 23.3 Å². The third-order valence-corrected chi connectivity index (χ3v) is 5.37. The molecule has 1 aromatic heterocycles. The number of carbonyl (C=O) groups is 2. The van der Waals surface area contributed by atoms with Crippen LogP contribution >= 0.6 is 0 Å². The molecule has 0 bridgehead atoms. The second-order valence-corrected chi connectivity index (χ2v) is 7.29. The molecule has 1 aliphatic rings. The van der Waals surface area contributed by atoms with Crippen LogP contribution in [0.25, 0.3) is 11.0 Å². The van der Waals surface area contributed by atoms with Crippen molar-refractivity contribution in [3.63, 3.8) is 0 Å². The number of ketones is 1. The Bertz CT molecular complexity index is 1060. The fourth-order valence-corrected chi connectivity index (χ4v) is 3.84. The molecule has 2 aromatic carbocycles. The van der Waals surface area contributed by atoms with Crippen LogP contribution in [0.2, 0.25) is 0 Å². The average molecular weight is 392 g/mol. The zero-order valence-corrected chi connectivity index (χ0v) is 16.7. The molecule has 150 valence electrons. The lowest BCUT2D eigenvalue weighted by Gasteiger charge is -2.13. The van der Waals surface area contributed by atoms with Crippen LogP contribution in [-0.2, 0) is 28.9 Å². The Morgan fingerprint density at radius 2 is 1.90 bits per heavy atom. The number of hydrogen-bond donors (Lipinski definition) is 0. The summed E-state index contributed by atoms with van der Waals surface area (Å²) in [4.78, 5) is 25.6. The topological polar surface area (TPSA) is 65.7 Å². The highest BCUT2D eigenvalue weighted by Crippen LogP contribution is 2.28. The maximum atomic E-state index is 12.8. The summed E-state index contributed by atoms with van der Waals surface area (Å²) in [5.41, 5.74) is 4.32. The van der Waals surface area contributed by atoms with Crippen LogP contribution in [0.3, 0.4) is 0 Å². The molecule has 1 aliphatic carbocycles. The zero-order valence-electron chi connectivity index (χ0n) is 16.7. The highest BCUT2D eigenvalue weighted by atomic mass is 16.6. The molecule has 5 nitrogen and oxygen atoms in total. The van der Waals surface area contributed by atoms with Gasteiger partial charge in [0.25, 0.3) is 0 Å². The molecule has 1 heterocycles. The lowest BCUT2D eigenvalue weighted by atomic mass is 10.0. The quantitative estimate of drug-likeness (QED) is 0.423. The summed E-state index contributed by atoms with van der Waals surface area (Å²) in [6, 6.07) is 13.1. The normalized spacial score (nSPS) is 14.0. The van der Waals surface area contributed by atoms with Crippen molar-refractivity contribution in [3.05, 3.63) is 70.5 Å². The van der Waals surface area contributed by atoms with Gasteiger partial charge in [0.1, 0.15) is 5.58 Å². The minimum absolute atomic E-state index is 0.0910. The fraction of sp³-hybridized carbons (Fsp3) is 0.333. The summed E-state index contributed by atoms with van der Waals surface area (Å²) in [5, 5.41) is 0.811. The first-order valence-corrected chi connectivity index (χ1v) is 10.0. The molecule has 4 rings (SSSR count). The van der Waals surface area contributed by atoms with E-state index in [-0.39, 0.29) is 18.2 Å². The van der Waals surface area contributed by atoms with Gasteiger partial charge >= 0.3 is 5.97 Å². The van der Waals surface area contributed by atoms with E-state index in [1.165, 1.54) is 11.1 Å². The lowest BCUT2D eigenvalue weighted by molar-refractivity contribution is 0.0285. The highest BCUT2D eigenvalue weighted by Gasteiger charge is 2.27. The van der Waals surface area contributed by atoms with Crippen molar-refractivity contribution in [2.24, 2.45) is 0 Å². The summed E-state index contributed by atoms with van der Waals surface area (Å²) in [5.74, 6) is -0.776. The Balaban J connectivity index is 1.55. The third-order valence-electron chi connectivity index (χ3n) is 5.37. The van der Waals surface area contributed by atoms with E-state index in [9.17, 15) is 9.59 Å². The summed E-state index contributed by atoms with van der Waals surface area (Å²) >= 11 is 0. The van der Waals surface area contributed by atoms with Gasteiger partial charge in [0.15, 0.2) is 6.10 Å². The third kappa shape index (κ3) is 3.83. The number of furan rings is 1. The molecule has 0 saturated heterocycles. The lowest BCUT2D eigenvalue weighted by Crippen LogP contribution is -2.25. The van der Waals surface area contributed by atoms with Gasteiger partial charge < -0.3 is 13.9 Å². The van der Waals surface area contributed by atoms with E-state index in [4.69, 9.17) is 13.9 Å². The monoisotopic (exact) mass is 392 g/mol. The maximum absolute atomic E-state index is 12.8. The Kier molecular flexibility index (Phi) is 5.49. The van der Waals surface area contributed by atoms with Gasteiger partial charge in [-0.05, 0) is 56.4 Å². The van der Waals surface area contributed by atoms with Gasteiger partial charge in [0, 0.05) is 23.1 Å². The maximum Gasteiger partial charge on any atom is 0.375 e. The van der Waals surface area contributed by atoms with E-state index in [1.807, 2.05) is 43.3 Å². The summed E-state index contributed by atoms with van der Waals surface area (Å²) in [6.45, 7) is 4.24. The molecule has 3 aromatic rings. The number of rotatable bonds is 7. The van der Waals surface area contributed by atoms with Gasteiger partial charge in [-0.25, -0.2) is 4.79 Å². The Hall–Kier alpha value is -2.92. The van der Waals surface area contributed by atoms with Crippen molar-refractivity contribution in [3.8, 4) is 0 Å². The Morgan fingerprint density at radius 1 is 1.10 bits per heavy atom. The molecule has 0 radical (unpaired) electrons. The molecule has 0 spiro atoms. The number of para-hydroxylation sites is 1. The van der Waals surface area contributed by atoms with Crippen LogP contribution in [0, 0.1) is 0 Å². The van der Waals surface area contributed by atoms with E-state index in [2.05, 4.69) is 0 Å². The van der Waals surface area contributed by atoms with Crippen molar-refractivity contribution in [1.29, 1.82) is 0 Å². The van der Waals surface area contributed by atoms with E-state index in [1.54, 1.807) is 13.0 Å². The van der Waals surface area contributed by atoms with Crippen molar-refractivity contribution < 1.29 is 23.5 Å². The number of hydrogen-bond acceptors (Lipinski definition) is 5. The standard InChI is InChI=1S/C24H24O5/c1-3-27-14-20-19-9-4-5-10-21(19)29-23(20)24(26)28-15(2)22(25)18-12-11-16-7-6-8-17(16)13-18/h4-5,9-13,15H,3,6-8,14H2,1-2H3/t15-/m1/s1. The number of aryl methyl sites for hydroxylation is 2. The fourth-order valence-electron chi connectivity index (χ4n) is 3.84. The van der Waals surface area contributed by atoms with Gasteiger partial charge in [0.05, 0.1) is 6.61 Å². The van der Waals surface area contributed by atoms with Crippen molar-refractivity contribution >= 4 is 22.7 Å². The molecule has 29 heavy (non-hydrogen) atoms. The molecule has 0 unspecified atom stereocenters. The van der Waals surface area contributed by atoms with Gasteiger partial charge in [-0.15, -0.1) is 0 Å². The summed E-state index contributed by atoms with van der Waals surface area (Å²) < 4.78 is 16.7. The van der Waals surface area contributed by atoms with Gasteiger partial charge in [-0.2, -0.15) is 0 Å². The first kappa shape index (κ1) is 19.4. The largest absolute Gasteiger partial charge is 0.449 e. The highest BCUT2D eigenvalue weighted by molar-refractivity contribution is 6.02. The van der Waals surface area contributed by atoms with Crippen LogP contribution < -0.4 is 0 Å². The minimum Gasteiger partial charge on any atom is -0.449 e. The van der Waals surface area contributed by atoms with Crippen LogP contribution in [0.1, 0.15) is 57.9 Å². The summed E-state index contributed by atoms with van der Waals surface area (Å²) in [6.07, 6.45) is 2.26. The van der Waals surface area contributed by atoms with Crippen LogP contribution in [0.4, 0.5) is 0 Å². The molecule has 1 atom stereocenters. The molecule has 0 saturated carbocycles. The second kappa shape index (κ2) is 8.21. The van der Waals surface area contributed by atoms with Gasteiger partial charge in [-0.3, -0.25) is 4.79 Å². The first-order chi connectivity index (χ1) is 14.1. The van der Waals surface area contributed by atoms with E-state index < -0.39 is 12.1 Å². The number of Topliss-reactive ketones (excluding diaryl/α,β-unsaturated/α-hetero) is 1. The van der Waals surface area contributed by atoms with Gasteiger partial charge in [-0.1, -0.05) is 30.3 Å². The minimum atomic E-state index is -0.907. The van der Waals surface area contributed by atoms with Crippen LogP contribution in [0.15, 0.2) is 46.9 Å². The number of fused-ring (bicyclic) bond motifs is 2. The molecule has 0 N–H and O–H groups in total.